The first kappa shape index (κ1) is 11.8. The van der Waals surface area contributed by atoms with Crippen LogP contribution in [0.3, 0.4) is 0 Å². The Bertz CT molecular complexity index is 439. The Labute approximate surface area is 109 Å². The number of aryl methyl sites for hydroxylation is 1. The van der Waals surface area contributed by atoms with Crippen molar-refractivity contribution in [2.75, 3.05) is 0 Å². The Morgan fingerprint density at radius 1 is 1.17 bits per heavy atom. The molecule has 0 saturated heterocycles. The zero-order valence-electron chi connectivity index (χ0n) is 11.0. The third kappa shape index (κ3) is 2.05. The van der Waals surface area contributed by atoms with Gasteiger partial charge in [-0.05, 0) is 38.2 Å². The maximum Gasteiger partial charge on any atom is 0.230 e. The van der Waals surface area contributed by atoms with Gasteiger partial charge in [-0.3, -0.25) is 4.79 Å². The molecule has 0 bridgehead atoms. The van der Waals surface area contributed by atoms with E-state index in [2.05, 4.69) is 36.5 Å². The van der Waals surface area contributed by atoms with Crippen LogP contribution in [-0.4, -0.2) is 11.9 Å². The molecule has 0 radical (unpaired) electrons. The Kier molecular flexibility index (Phi) is 2.89. The third-order valence-corrected chi connectivity index (χ3v) is 4.48. The second kappa shape index (κ2) is 4.42. The van der Waals surface area contributed by atoms with E-state index in [1.165, 1.54) is 24.0 Å². The van der Waals surface area contributed by atoms with Gasteiger partial charge in [0.1, 0.15) is 0 Å². The summed E-state index contributed by atoms with van der Waals surface area (Å²) in [5, 5.41) is 3.26. The normalized spacial score (nSPS) is 21.8. The topological polar surface area (TPSA) is 29.1 Å². The van der Waals surface area contributed by atoms with Crippen molar-refractivity contribution in [2.45, 2.75) is 56.9 Å². The molecular formula is C16H21NO. The number of rotatable bonds is 3. The number of hydrogen-bond donors (Lipinski definition) is 1. The van der Waals surface area contributed by atoms with Crippen LogP contribution in [0.5, 0.6) is 0 Å². The fourth-order valence-corrected chi connectivity index (χ4v) is 3.04. The van der Waals surface area contributed by atoms with E-state index >= 15 is 0 Å². The molecule has 0 aliphatic heterocycles. The molecule has 0 aromatic heterocycles. The van der Waals surface area contributed by atoms with Crippen LogP contribution in [0.2, 0.25) is 0 Å². The SMILES string of the molecule is Cc1ccc(C2(C(=O)NC3CCCC3)CC2)cc1. The molecule has 1 aromatic carbocycles. The first-order valence-corrected chi connectivity index (χ1v) is 7.09. The third-order valence-electron chi connectivity index (χ3n) is 4.48. The Balaban J connectivity index is 1.73. The summed E-state index contributed by atoms with van der Waals surface area (Å²) < 4.78 is 0. The Morgan fingerprint density at radius 3 is 2.33 bits per heavy atom. The van der Waals surface area contributed by atoms with E-state index in [-0.39, 0.29) is 11.3 Å². The average Bonchev–Trinajstić information content (AvgIpc) is 3.03. The summed E-state index contributed by atoms with van der Waals surface area (Å²) in [5.41, 5.74) is 2.25. The fraction of sp³-hybridized carbons (Fsp3) is 0.562. The van der Waals surface area contributed by atoms with E-state index in [1.54, 1.807) is 0 Å². The average molecular weight is 243 g/mol. The lowest BCUT2D eigenvalue weighted by Crippen LogP contribution is -2.40. The van der Waals surface area contributed by atoms with Gasteiger partial charge < -0.3 is 5.32 Å². The van der Waals surface area contributed by atoms with Crippen LogP contribution in [0.1, 0.15) is 49.7 Å². The molecule has 1 N–H and O–H groups in total. The fourth-order valence-electron chi connectivity index (χ4n) is 3.04. The van der Waals surface area contributed by atoms with Gasteiger partial charge in [-0.2, -0.15) is 0 Å². The number of amides is 1. The molecule has 0 spiro atoms. The van der Waals surface area contributed by atoms with Gasteiger partial charge in [-0.1, -0.05) is 42.7 Å². The molecule has 18 heavy (non-hydrogen) atoms. The molecule has 1 aromatic rings. The van der Waals surface area contributed by atoms with E-state index in [0.717, 1.165) is 25.7 Å². The molecule has 2 aliphatic rings. The van der Waals surface area contributed by atoms with Crippen molar-refractivity contribution in [1.82, 2.24) is 5.32 Å². The minimum atomic E-state index is -0.198. The first-order chi connectivity index (χ1) is 8.71. The smallest absolute Gasteiger partial charge is 0.230 e. The van der Waals surface area contributed by atoms with Crippen LogP contribution < -0.4 is 5.32 Å². The van der Waals surface area contributed by atoms with Crippen LogP contribution in [0.15, 0.2) is 24.3 Å². The highest BCUT2D eigenvalue weighted by Crippen LogP contribution is 2.48. The second-order valence-electron chi connectivity index (χ2n) is 5.90. The lowest BCUT2D eigenvalue weighted by molar-refractivity contribution is -0.124. The van der Waals surface area contributed by atoms with Crippen LogP contribution >= 0.6 is 0 Å². The standard InChI is InChI=1S/C16H21NO/c1-12-6-8-13(9-7-12)16(10-11-16)15(18)17-14-4-2-3-5-14/h6-9,14H,2-5,10-11H2,1H3,(H,17,18). The highest BCUT2D eigenvalue weighted by molar-refractivity contribution is 5.91. The summed E-state index contributed by atoms with van der Waals surface area (Å²) in [4.78, 5) is 12.5. The molecule has 0 heterocycles. The molecule has 0 atom stereocenters. The zero-order chi connectivity index (χ0) is 12.6. The van der Waals surface area contributed by atoms with Crippen LogP contribution in [0, 0.1) is 6.92 Å². The van der Waals surface area contributed by atoms with Crippen molar-refractivity contribution in [3.05, 3.63) is 35.4 Å². The Morgan fingerprint density at radius 2 is 1.78 bits per heavy atom. The minimum absolute atomic E-state index is 0.198. The molecule has 2 fully saturated rings. The summed E-state index contributed by atoms with van der Waals surface area (Å²) in [6, 6.07) is 8.89. The molecule has 96 valence electrons. The van der Waals surface area contributed by atoms with Gasteiger partial charge >= 0.3 is 0 Å². The van der Waals surface area contributed by atoms with Crippen LogP contribution in [0.25, 0.3) is 0 Å². The van der Waals surface area contributed by atoms with Gasteiger partial charge in [0.05, 0.1) is 5.41 Å². The number of benzene rings is 1. The molecule has 2 aliphatic carbocycles. The van der Waals surface area contributed by atoms with E-state index in [9.17, 15) is 4.79 Å². The van der Waals surface area contributed by atoms with Gasteiger partial charge in [-0.25, -0.2) is 0 Å². The van der Waals surface area contributed by atoms with Crippen molar-refractivity contribution in [3.8, 4) is 0 Å². The first-order valence-electron chi connectivity index (χ1n) is 7.09. The predicted octanol–water partition coefficient (Wildman–Crippen LogP) is 3.09. The van der Waals surface area contributed by atoms with Gasteiger partial charge in [-0.15, -0.1) is 0 Å². The highest BCUT2D eigenvalue weighted by atomic mass is 16.2. The second-order valence-corrected chi connectivity index (χ2v) is 5.90. The zero-order valence-corrected chi connectivity index (χ0v) is 11.0. The van der Waals surface area contributed by atoms with Gasteiger partial charge in [0.2, 0.25) is 5.91 Å². The van der Waals surface area contributed by atoms with E-state index in [1.807, 2.05) is 0 Å². The molecule has 2 nitrogen and oxygen atoms in total. The van der Waals surface area contributed by atoms with Crippen molar-refractivity contribution in [2.24, 2.45) is 0 Å². The molecule has 2 saturated carbocycles. The molecule has 3 rings (SSSR count). The summed E-state index contributed by atoms with van der Waals surface area (Å²) in [5.74, 6) is 0.262. The lowest BCUT2D eigenvalue weighted by Gasteiger charge is -2.19. The molecule has 2 heteroatoms. The van der Waals surface area contributed by atoms with E-state index in [0.29, 0.717) is 6.04 Å². The summed E-state index contributed by atoms with van der Waals surface area (Å²) >= 11 is 0. The van der Waals surface area contributed by atoms with Crippen LogP contribution in [0.4, 0.5) is 0 Å². The largest absolute Gasteiger partial charge is 0.353 e. The number of carbonyl (C=O) groups is 1. The molecule has 1 amide bonds. The number of carbonyl (C=O) groups excluding carboxylic acids is 1. The Hall–Kier alpha value is -1.31. The van der Waals surface area contributed by atoms with Gasteiger partial charge in [0, 0.05) is 6.04 Å². The van der Waals surface area contributed by atoms with Crippen molar-refractivity contribution >= 4 is 5.91 Å². The summed E-state index contributed by atoms with van der Waals surface area (Å²) in [6.45, 7) is 2.09. The van der Waals surface area contributed by atoms with E-state index in [4.69, 9.17) is 0 Å². The monoisotopic (exact) mass is 243 g/mol. The maximum atomic E-state index is 12.5. The summed E-state index contributed by atoms with van der Waals surface area (Å²) in [7, 11) is 0. The minimum Gasteiger partial charge on any atom is -0.353 e. The highest BCUT2D eigenvalue weighted by Gasteiger charge is 2.51. The number of nitrogens with one attached hydrogen (secondary N) is 1. The van der Waals surface area contributed by atoms with Crippen LogP contribution in [-0.2, 0) is 10.2 Å². The van der Waals surface area contributed by atoms with Gasteiger partial charge in [0.25, 0.3) is 0 Å². The van der Waals surface area contributed by atoms with Crippen molar-refractivity contribution in [3.63, 3.8) is 0 Å². The number of hydrogen-bond acceptors (Lipinski definition) is 1. The quantitative estimate of drug-likeness (QED) is 0.868. The van der Waals surface area contributed by atoms with Crippen molar-refractivity contribution < 1.29 is 4.79 Å². The van der Waals surface area contributed by atoms with E-state index < -0.39 is 0 Å². The molecule has 0 unspecified atom stereocenters. The van der Waals surface area contributed by atoms with Crippen molar-refractivity contribution in [1.29, 1.82) is 0 Å². The molecular weight excluding hydrogens is 222 g/mol. The summed E-state index contributed by atoms with van der Waals surface area (Å²) in [6.07, 6.45) is 6.87. The van der Waals surface area contributed by atoms with Gasteiger partial charge in [0.15, 0.2) is 0 Å². The predicted molar refractivity (Wildman–Crippen MR) is 72.5 cm³/mol. The maximum absolute atomic E-state index is 12.5. The lowest BCUT2D eigenvalue weighted by atomic mass is 9.94.